The molecule has 3 rings (SSSR count). The van der Waals surface area contributed by atoms with Crippen molar-refractivity contribution in [3.8, 4) is 10.4 Å². The fourth-order valence-corrected chi connectivity index (χ4v) is 3.89. The summed E-state index contributed by atoms with van der Waals surface area (Å²) in [6.45, 7) is 3.31. The first-order chi connectivity index (χ1) is 13.6. The molecule has 0 aliphatic heterocycles. The lowest BCUT2D eigenvalue weighted by molar-refractivity contribution is -0.146. The second-order valence-electron chi connectivity index (χ2n) is 6.61. The lowest BCUT2D eigenvalue weighted by atomic mass is 10.1. The zero-order valence-corrected chi connectivity index (χ0v) is 16.3. The summed E-state index contributed by atoms with van der Waals surface area (Å²) in [5.41, 5.74) is -0.138. The Balaban J connectivity index is 1.94. The molecule has 11 heteroatoms. The van der Waals surface area contributed by atoms with Crippen LogP contribution in [0.2, 0.25) is 0 Å². The first-order valence-corrected chi connectivity index (χ1v) is 9.69. The summed E-state index contributed by atoms with van der Waals surface area (Å²) in [6, 6.07) is -0.906. The number of nitrogens with one attached hydrogen (secondary N) is 1. The van der Waals surface area contributed by atoms with E-state index >= 15 is 0 Å². The van der Waals surface area contributed by atoms with Crippen LogP contribution in [-0.4, -0.2) is 34.8 Å². The van der Waals surface area contributed by atoms with Crippen molar-refractivity contribution in [2.75, 3.05) is 11.9 Å². The van der Waals surface area contributed by atoms with Gasteiger partial charge in [-0.15, -0.1) is 11.3 Å². The van der Waals surface area contributed by atoms with Gasteiger partial charge in [0.1, 0.15) is 11.9 Å². The third-order valence-corrected chi connectivity index (χ3v) is 5.58. The highest BCUT2D eigenvalue weighted by Crippen LogP contribution is 2.42. The van der Waals surface area contributed by atoms with E-state index in [1.807, 2.05) is 0 Å². The van der Waals surface area contributed by atoms with E-state index in [-0.39, 0.29) is 27.9 Å². The Bertz CT molecular complexity index is 896. The molecule has 1 aliphatic carbocycles. The van der Waals surface area contributed by atoms with Crippen LogP contribution in [0, 0.1) is 12.8 Å². The van der Waals surface area contributed by atoms with Gasteiger partial charge in [0.25, 0.3) is 6.43 Å². The number of carbonyl (C=O) groups excluding carboxylic acids is 1. The number of hydrogen-bond acceptors (Lipinski definition) is 6. The highest BCUT2D eigenvalue weighted by Gasteiger charge is 2.49. The molecule has 1 unspecified atom stereocenters. The number of halogens is 5. The molecule has 1 atom stereocenters. The van der Waals surface area contributed by atoms with Gasteiger partial charge in [-0.1, -0.05) is 0 Å². The number of rotatable bonds is 7. The van der Waals surface area contributed by atoms with Crippen LogP contribution >= 0.6 is 11.3 Å². The molecule has 2 aromatic heterocycles. The molecule has 0 amide bonds. The Labute approximate surface area is 167 Å². The van der Waals surface area contributed by atoms with Crippen LogP contribution in [0.15, 0.2) is 12.3 Å². The first-order valence-electron chi connectivity index (χ1n) is 8.88. The number of aryl methyl sites for hydroxylation is 1. The third kappa shape index (κ3) is 4.82. The second-order valence-corrected chi connectivity index (χ2v) is 7.61. The van der Waals surface area contributed by atoms with E-state index in [1.165, 1.54) is 0 Å². The summed E-state index contributed by atoms with van der Waals surface area (Å²) in [4.78, 5) is 20.1. The largest absolute Gasteiger partial charge is 0.461 e. The van der Waals surface area contributed by atoms with Crippen molar-refractivity contribution in [1.82, 2.24) is 9.97 Å². The average Bonchev–Trinajstić information content (AvgIpc) is 3.40. The van der Waals surface area contributed by atoms with Gasteiger partial charge in [0.2, 0.25) is 5.01 Å². The van der Waals surface area contributed by atoms with Crippen LogP contribution in [-0.2, 0) is 4.74 Å². The highest BCUT2D eigenvalue weighted by molar-refractivity contribution is 7.17. The van der Waals surface area contributed by atoms with E-state index in [0.29, 0.717) is 18.5 Å². The SMILES string of the molecule is CCOC(=O)c1nc(C)c(-c2cnc(NC(C3CC3)C(F)(F)F)cc2C(F)F)s1. The Morgan fingerprint density at radius 1 is 1.38 bits per heavy atom. The molecule has 1 N–H and O–H groups in total. The van der Waals surface area contributed by atoms with Crippen molar-refractivity contribution in [3.63, 3.8) is 0 Å². The Kier molecular flexibility index (Phi) is 6.06. The van der Waals surface area contributed by atoms with Gasteiger partial charge >= 0.3 is 12.1 Å². The van der Waals surface area contributed by atoms with Gasteiger partial charge in [0.15, 0.2) is 0 Å². The number of esters is 1. The summed E-state index contributed by atoms with van der Waals surface area (Å²) < 4.78 is 71.8. The monoisotopic (exact) mass is 435 g/mol. The maximum absolute atomic E-state index is 13.7. The van der Waals surface area contributed by atoms with Crippen LogP contribution in [0.25, 0.3) is 10.4 Å². The lowest BCUT2D eigenvalue weighted by Gasteiger charge is -2.22. The normalized spacial score (nSPS) is 15.4. The predicted octanol–water partition coefficient (Wildman–Crippen LogP) is 5.38. The number of nitrogens with zero attached hydrogens (tertiary/aromatic N) is 2. The van der Waals surface area contributed by atoms with Crippen molar-refractivity contribution in [3.05, 3.63) is 28.5 Å². The summed E-state index contributed by atoms with van der Waals surface area (Å²) in [5.74, 6) is -1.53. The van der Waals surface area contributed by atoms with Crippen LogP contribution in [0.3, 0.4) is 0 Å². The quantitative estimate of drug-likeness (QED) is 0.467. The number of aromatic nitrogens is 2. The fraction of sp³-hybridized carbons (Fsp3) is 0.500. The molecule has 0 bridgehead atoms. The number of thiazole rings is 1. The topological polar surface area (TPSA) is 64.1 Å². The Hall–Kier alpha value is -2.30. The van der Waals surface area contributed by atoms with Gasteiger partial charge < -0.3 is 10.1 Å². The van der Waals surface area contributed by atoms with Crippen LogP contribution < -0.4 is 5.32 Å². The lowest BCUT2D eigenvalue weighted by Crippen LogP contribution is -2.38. The van der Waals surface area contributed by atoms with Gasteiger partial charge in [-0.2, -0.15) is 13.2 Å². The Morgan fingerprint density at radius 2 is 2.07 bits per heavy atom. The van der Waals surface area contributed by atoms with Gasteiger partial charge in [-0.3, -0.25) is 0 Å². The van der Waals surface area contributed by atoms with Crippen LogP contribution in [0.5, 0.6) is 0 Å². The van der Waals surface area contributed by atoms with Crippen molar-refractivity contribution < 1.29 is 31.5 Å². The van der Waals surface area contributed by atoms with Gasteiger partial charge in [-0.25, -0.2) is 23.5 Å². The minimum absolute atomic E-state index is 0.00707. The maximum atomic E-state index is 13.7. The minimum atomic E-state index is -4.50. The number of anilines is 1. The molecular formula is C18H18F5N3O2S. The molecule has 0 saturated heterocycles. The summed E-state index contributed by atoms with van der Waals surface area (Å²) >= 11 is 0.872. The molecule has 0 spiro atoms. The van der Waals surface area contributed by atoms with E-state index in [9.17, 15) is 26.7 Å². The maximum Gasteiger partial charge on any atom is 0.408 e. The molecule has 0 radical (unpaired) electrons. The van der Waals surface area contributed by atoms with E-state index in [1.54, 1.807) is 13.8 Å². The molecule has 29 heavy (non-hydrogen) atoms. The Morgan fingerprint density at radius 3 is 2.62 bits per heavy atom. The number of carbonyl (C=O) groups is 1. The first kappa shape index (κ1) is 21.4. The second kappa shape index (κ2) is 8.21. The molecule has 158 valence electrons. The molecule has 5 nitrogen and oxygen atoms in total. The molecular weight excluding hydrogens is 417 g/mol. The number of alkyl halides is 5. The van der Waals surface area contributed by atoms with Crippen LogP contribution in [0.4, 0.5) is 27.8 Å². The number of hydrogen-bond donors (Lipinski definition) is 1. The van der Waals surface area contributed by atoms with Crippen molar-refractivity contribution in [1.29, 1.82) is 0 Å². The smallest absolute Gasteiger partial charge is 0.408 e. The third-order valence-electron chi connectivity index (χ3n) is 4.41. The molecule has 0 aromatic carbocycles. The van der Waals surface area contributed by atoms with Crippen molar-refractivity contribution in [2.24, 2.45) is 5.92 Å². The molecule has 2 heterocycles. The average molecular weight is 435 g/mol. The van der Waals surface area contributed by atoms with Crippen molar-refractivity contribution >= 4 is 23.1 Å². The van der Waals surface area contributed by atoms with E-state index < -0.39 is 36.1 Å². The zero-order chi connectivity index (χ0) is 21.3. The molecule has 1 fully saturated rings. The van der Waals surface area contributed by atoms with E-state index in [0.717, 1.165) is 23.6 Å². The predicted molar refractivity (Wildman–Crippen MR) is 97.2 cm³/mol. The van der Waals surface area contributed by atoms with E-state index in [2.05, 4.69) is 15.3 Å². The minimum Gasteiger partial charge on any atom is -0.461 e. The molecule has 1 aliphatic rings. The van der Waals surface area contributed by atoms with E-state index in [4.69, 9.17) is 4.74 Å². The highest BCUT2D eigenvalue weighted by atomic mass is 32.1. The number of pyridine rings is 1. The summed E-state index contributed by atoms with van der Waals surface area (Å²) in [7, 11) is 0. The summed E-state index contributed by atoms with van der Waals surface area (Å²) in [5, 5.41) is 2.26. The van der Waals surface area contributed by atoms with Gasteiger partial charge in [0.05, 0.1) is 17.2 Å². The number of ether oxygens (including phenoxy) is 1. The molecule has 1 saturated carbocycles. The van der Waals surface area contributed by atoms with Gasteiger partial charge in [0, 0.05) is 17.3 Å². The van der Waals surface area contributed by atoms with Gasteiger partial charge in [-0.05, 0) is 38.7 Å². The van der Waals surface area contributed by atoms with Crippen LogP contribution in [0.1, 0.15) is 47.3 Å². The standard InChI is InChI=1S/C18H18F5N3O2S/c1-3-28-17(27)16-25-8(2)13(29-16)11-7-24-12(6-10(11)15(19)20)26-14(9-4-5-9)18(21,22)23/h6-7,9,14-15H,3-5H2,1-2H3,(H,24,26). The summed E-state index contributed by atoms with van der Waals surface area (Å²) in [6.07, 6.45) is -5.53. The molecule has 2 aromatic rings. The van der Waals surface area contributed by atoms with Crippen molar-refractivity contribution in [2.45, 2.75) is 45.3 Å². The fourth-order valence-electron chi connectivity index (χ4n) is 2.90. The zero-order valence-electron chi connectivity index (χ0n) is 15.5.